The quantitative estimate of drug-likeness (QED) is 0.493. The molecule has 1 N–H and O–H groups in total. The number of nitro groups is 1. The molecule has 0 bridgehead atoms. The average molecular weight is 346 g/mol. The van der Waals surface area contributed by atoms with Crippen molar-refractivity contribution < 1.29 is 23.6 Å². The molecule has 0 unspecified atom stereocenters. The molecule has 7 nitrogen and oxygen atoms in total. The van der Waals surface area contributed by atoms with Crippen LogP contribution in [0.3, 0.4) is 0 Å². The van der Waals surface area contributed by atoms with Crippen LogP contribution in [0, 0.1) is 22.9 Å². The molecule has 25 heavy (non-hydrogen) atoms. The van der Waals surface area contributed by atoms with Crippen LogP contribution in [-0.2, 0) is 20.7 Å². The van der Waals surface area contributed by atoms with Gasteiger partial charge < -0.3 is 10.1 Å². The first-order valence-electron chi connectivity index (χ1n) is 7.30. The molecule has 0 spiro atoms. The minimum Gasteiger partial charge on any atom is -0.455 e. The molecule has 0 atom stereocenters. The molecule has 0 fully saturated rings. The lowest BCUT2D eigenvalue weighted by molar-refractivity contribution is -0.384. The smallest absolute Gasteiger partial charge is 0.310 e. The van der Waals surface area contributed by atoms with Crippen molar-refractivity contribution in [2.75, 3.05) is 11.9 Å². The lowest BCUT2D eigenvalue weighted by Crippen LogP contribution is -2.22. The third-order valence-electron chi connectivity index (χ3n) is 3.36. The summed E-state index contributed by atoms with van der Waals surface area (Å²) in [5.74, 6) is -1.93. The lowest BCUT2D eigenvalue weighted by Gasteiger charge is -2.09. The van der Waals surface area contributed by atoms with Crippen molar-refractivity contribution in [3.8, 4) is 0 Å². The highest BCUT2D eigenvalue weighted by Gasteiger charge is 2.14. The number of halogens is 1. The van der Waals surface area contributed by atoms with E-state index in [-0.39, 0.29) is 23.4 Å². The summed E-state index contributed by atoms with van der Waals surface area (Å²) in [4.78, 5) is 33.7. The minimum absolute atomic E-state index is 0.169. The van der Waals surface area contributed by atoms with Gasteiger partial charge in [0, 0.05) is 12.1 Å². The Labute approximate surface area is 142 Å². The number of benzene rings is 2. The number of nitro benzene ring substituents is 1. The van der Waals surface area contributed by atoms with Crippen LogP contribution in [0.25, 0.3) is 0 Å². The van der Waals surface area contributed by atoms with E-state index in [2.05, 4.69) is 5.32 Å². The maximum atomic E-state index is 13.4. The number of amides is 1. The summed E-state index contributed by atoms with van der Waals surface area (Å²) >= 11 is 0. The van der Waals surface area contributed by atoms with E-state index >= 15 is 0 Å². The van der Waals surface area contributed by atoms with Gasteiger partial charge in [0.25, 0.3) is 11.6 Å². The topological polar surface area (TPSA) is 98.5 Å². The second-order valence-electron chi connectivity index (χ2n) is 5.23. The van der Waals surface area contributed by atoms with E-state index in [0.717, 1.165) is 0 Å². The first kappa shape index (κ1) is 18.1. The van der Waals surface area contributed by atoms with E-state index < -0.39 is 29.2 Å². The van der Waals surface area contributed by atoms with Gasteiger partial charge in [-0.2, -0.15) is 0 Å². The molecule has 8 heteroatoms. The van der Waals surface area contributed by atoms with Crippen molar-refractivity contribution in [3.05, 3.63) is 69.5 Å². The van der Waals surface area contributed by atoms with Gasteiger partial charge in [0.1, 0.15) is 5.82 Å². The van der Waals surface area contributed by atoms with Gasteiger partial charge >= 0.3 is 5.97 Å². The third-order valence-corrected chi connectivity index (χ3v) is 3.36. The lowest BCUT2D eigenvalue weighted by atomic mass is 10.1. The van der Waals surface area contributed by atoms with Gasteiger partial charge in [-0.25, -0.2) is 4.39 Å². The molecule has 0 aromatic heterocycles. The van der Waals surface area contributed by atoms with Crippen LogP contribution in [0.1, 0.15) is 11.1 Å². The van der Waals surface area contributed by atoms with Crippen molar-refractivity contribution in [1.29, 1.82) is 0 Å². The van der Waals surface area contributed by atoms with Crippen molar-refractivity contribution >= 4 is 23.3 Å². The number of carbonyl (C=O) groups excluding carboxylic acids is 2. The summed E-state index contributed by atoms with van der Waals surface area (Å²) in [6, 6.07) is 9.79. The Kier molecular flexibility index (Phi) is 5.78. The Balaban J connectivity index is 1.90. The summed E-state index contributed by atoms with van der Waals surface area (Å²) in [6.07, 6.45) is -0.296. The number of rotatable bonds is 6. The van der Waals surface area contributed by atoms with Crippen LogP contribution in [0.2, 0.25) is 0 Å². The Morgan fingerprint density at radius 3 is 2.64 bits per heavy atom. The van der Waals surface area contributed by atoms with E-state index in [9.17, 15) is 24.1 Å². The number of nitrogens with one attached hydrogen (secondary N) is 1. The van der Waals surface area contributed by atoms with Gasteiger partial charge in [-0.1, -0.05) is 24.3 Å². The fourth-order valence-electron chi connectivity index (χ4n) is 2.04. The molecule has 0 radical (unpaired) electrons. The Morgan fingerprint density at radius 2 is 1.96 bits per heavy atom. The molecule has 2 aromatic rings. The number of carbonyl (C=O) groups is 2. The highest BCUT2D eigenvalue weighted by molar-refractivity contribution is 5.93. The zero-order valence-corrected chi connectivity index (χ0v) is 13.3. The third kappa shape index (κ3) is 5.10. The maximum Gasteiger partial charge on any atom is 0.310 e. The molecule has 0 aliphatic rings. The average Bonchev–Trinajstić information content (AvgIpc) is 2.57. The van der Waals surface area contributed by atoms with Crippen molar-refractivity contribution in [1.82, 2.24) is 0 Å². The first-order chi connectivity index (χ1) is 11.9. The molecule has 0 heterocycles. The summed E-state index contributed by atoms with van der Waals surface area (Å²) in [7, 11) is 0. The second kappa shape index (κ2) is 8.00. The first-order valence-corrected chi connectivity index (χ1v) is 7.30. The normalized spacial score (nSPS) is 10.2. The SMILES string of the molecule is Cc1ccc([N+](=O)[O-])cc1NC(=O)COC(=O)Cc1ccccc1F. The number of hydrogen-bond donors (Lipinski definition) is 1. The molecule has 2 aromatic carbocycles. The molecular formula is C17H15FN2O5. The van der Waals surface area contributed by atoms with E-state index in [4.69, 9.17) is 4.74 Å². The molecule has 0 saturated carbocycles. The molecule has 0 aliphatic carbocycles. The van der Waals surface area contributed by atoms with Crippen LogP contribution in [0.4, 0.5) is 15.8 Å². The summed E-state index contributed by atoms with van der Waals surface area (Å²) in [5.41, 5.74) is 0.876. The number of anilines is 1. The van der Waals surface area contributed by atoms with Gasteiger partial charge in [-0.15, -0.1) is 0 Å². The van der Waals surface area contributed by atoms with Crippen LogP contribution in [0.15, 0.2) is 42.5 Å². The predicted molar refractivity (Wildman–Crippen MR) is 87.5 cm³/mol. The zero-order chi connectivity index (χ0) is 18.4. The van der Waals surface area contributed by atoms with E-state index in [1.807, 2.05) is 0 Å². The van der Waals surface area contributed by atoms with Gasteiger partial charge in [0.15, 0.2) is 6.61 Å². The Hall–Kier alpha value is -3.29. The van der Waals surface area contributed by atoms with Gasteiger partial charge in [-0.05, 0) is 24.1 Å². The summed E-state index contributed by atoms with van der Waals surface area (Å²) < 4.78 is 18.2. The van der Waals surface area contributed by atoms with Crippen LogP contribution < -0.4 is 5.32 Å². The van der Waals surface area contributed by atoms with Crippen molar-refractivity contribution in [2.24, 2.45) is 0 Å². The van der Waals surface area contributed by atoms with Gasteiger partial charge in [-0.3, -0.25) is 19.7 Å². The van der Waals surface area contributed by atoms with E-state index in [1.165, 1.54) is 36.4 Å². The van der Waals surface area contributed by atoms with Crippen molar-refractivity contribution in [3.63, 3.8) is 0 Å². The largest absolute Gasteiger partial charge is 0.455 e. The fourth-order valence-corrected chi connectivity index (χ4v) is 2.04. The predicted octanol–water partition coefficient (Wildman–Crippen LogP) is 2.77. The standard InChI is InChI=1S/C17H15FN2O5/c1-11-6-7-13(20(23)24)9-15(11)19-16(21)10-25-17(22)8-12-4-2-3-5-14(12)18/h2-7,9H,8,10H2,1H3,(H,19,21). The molecular weight excluding hydrogens is 331 g/mol. The summed E-state index contributed by atoms with van der Waals surface area (Å²) in [6.45, 7) is 1.10. The number of ether oxygens (including phenoxy) is 1. The van der Waals surface area contributed by atoms with Gasteiger partial charge in [0.2, 0.25) is 0 Å². The monoisotopic (exact) mass is 346 g/mol. The second-order valence-corrected chi connectivity index (χ2v) is 5.23. The number of nitrogens with zero attached hydrogens (tertiary/aromatic N) is 1. The number of hydrogen-bond acceptors (Lipinski definition) is 5. The van der Waals surface area contributed by atoms with Crippen LogP contribution >= 0.6 is 0 Å². The van der Waals surface area contributed by atoms with E-state index in [1.54, 1.807) is 13.0 Å². The van der Waals surface area contributed by atoms with Crippen molar-refractivity contribution in [2.45, 2.75) is 13.3 Å². The maximum absolute atomic E-state index is 13.4. The highest BCUT2D eigenvalue weighted by atomic mass is 19.1. The van der Waals surface area contributed by atoms with E-state index in [0.29, 0.717) is 5.56 Å². The van der Waals surface area contributed by atoms with Crippen LogP contribution in [0.5, 0.6) is 0 Å². The summed E-state index contributed by atoms with van der Waals surface area (Å²) in [5, 5.41) is 13.2. The number of non-ortho nitro benzene ring substituents is 1. The Bertz CT molecular complexity index is 822. The van der Waals surface area contributed by atoms with Crippen LogP contribution in [-0.4, -0.2) is 23.4 Å². The van der Waals surface area contributed by atoms with Gasteiger partial charge in [0.05, 0.1) is 17.0 Å². The molecule has 2 rings (SSSR count). The zero-order valence-electron chi connectivity index (χ0n) is 13.3. The molecule has 130 valence electrons. The molecule has 1 amide bonds. The number of esters is 1. The molecule has 0 saturated heterocycles. The molecule has 0 aliphatic heterocycles. The Morgan fingerprint density at radius 1 is 1.24 bits per heavy atom. The fraction of sp³-hybridized carbons (Fsp3) is 0.176. The number of aryl methyl sites for hydroxylation is 1. The minimum atomic E-state index is -0.754. The highest BCUT2D eigenvalue weighted by Crippen LogP contribution is 2.21.